The quantitative estimate of drug-likeness (QED) is 0.858. The van der Waals surface area contributed by atoms with E-state index in [9.17, 15) is 8.42 Å². The second kappa shape index (κ2) is 6.30. The van der Waals surface area contributed by atoms with Gasteiger partial charge in [-0.25, -0.2) is 0 Å². The molecule has 0 saturated carbocycles. The van der Waals surface area contributed by atoms with Gasteiger partial charge in [0.15, 0.2) is 0 Å². The molecule has 122 valence electrons. The second-order valence-corrected chi connectivity index (χ2v) is 8.72. The van der Waals surface area contributed by atoms with Crippen molar-refractivity contribution in [3.63, 3.8) is 0 Å². The number of aryl methyl sites for hydroxylation is 1. The lowest BCUT2D eigenvalue weighted by Gasteiger charge is -2.38. The predicted octanol–water partition coefficient (Wildman–Crippen LogP) is 2.97. The van der Waals surface area contributed by atoms with Crippen molar-refractivity contribution in [3.8, 4) is 0 Å². The molecule has 1 aliphatic heterocycles. The van der Waals surface area contributed by atoms with Crippen LogP contribution in [0.1, 0.15) is 49.8 Å². The standard InChI is InChI=1S/C17H26N2O2S/c1-14-7-6-12-19(13-14)22(20,21)18(2)17-11-5-9-15-8-3-4-10-16(15)17/h3-4,8,10,14,17H,5-7,9,11-13H2,1-2H3/t14-,17-/m1/s1. The third-order valence-corrected chi connectivity index (χ3v) is 7.05. The smallest absolute Gasteiger partial charge is 0.195 e. The Morgan fingerprint density at radius 2 is 1.95 bits per heavy atom. The maximum Gasteiger partial charge on any atom is 0.282 e. The van der Waals surface area contributed by atoms with Crippen molar-refractivity contribution in [1.29, 1.82) is 0 Å². The number of rotatable bonds is 3. The van der Waals surface area contributed by atoms with Crippen LogP contribution in [0.15, 0.2) is 24.3 Å². The molecule has 2 aliphatic rings. The first-order valence-electron chi connectivity index (χ1n) is 8.31. The summed E-state index contributed by atoms with van der Waals surface area (Å²) < 4.78 is 29.3. The molecule has 22 heavy (non-hydrogen) atoms. The van der Waals surface area contributed by atoms with Crippen molar-refractivity contribution in [2.45, 2.75) is 45.1 Å². The van der Waals surface area contributed by atoms with Gasteiger partial charge < -0.3 is 0 Å². The lowest BCUT2D eigenvalue weighted by Crippen LogP contribution is -2.47. The van der Waals surface area contributed by atoms with Crippen LogP contribution in [0, 0.1) is 5.92 Å². The average molecular weight is 322 g/mol. The van der Waals surface area contributed by atoms with Gasteiger partial charge in [0.05, 0.1) is 6.04 Å². The Morgan fingerprint density at radius 1 is 1.18 bits per heavy atom. The molecule has 0 amide bonds. The first-order valence-corrected chi connectivity index (χ1v) is 9.70. The zero-order valence-corrected chi connectivity index (χ0v) is 14.3. The number of fused-ring (bicyclic) bond motifs is 1. The fraction of sp³-hybridized carbons (Fsp3) is 0.647. The summed E-state index contributed by atoms with van der Waals surface area (Å²) in [4.78, 5) is 0. The van der Waals surface area contributed by atoms with Crippen LogP contribution >= 0.6 is 0 Å². The highest BCUT2D eigenvalue weighted by molar-refractivity contribution is 7.86. The molecular formula is C17H26N2O2S. The highest BCUT2D eigenvalue weighted by atomic mass is 32.2. The Hall–Kier alpha value is -0.910. The number of hydrogen-bond donors (Lipinski definition) is 0. The van der Waals surface area contributed by atoms with Crippen LogP contribution in [0.3, 0.4) is 0 Å². The third-order valence-electron chi connectivity index (χ3n) is 5.09. The fourth-order valence-corrected chi connectivity index (χ4v) is 5.51. The molecule has 0 unspecified atom stereocenters. The fourth-order valence-electron chi connectivity index (χ4n) is 3.80. The molecule has 1 fully saturated rings. The summed E-state index contributed by atoms with van der Waals surface area (Å²) in [6, 6.07) is 8.25. The Bertz CT molecular complexity index is 629. The summed E-state index contributed by atoms with van der Waals surface area (Å²) in [7, 11) is -1.62. The van der Waals surface area contributed by atoms with Crippen molar-refractivity contribution in [1.82, 2.24) is 8.61 Å². The normalized spacial score (nSPS) is 26.9. The minimum absolute atomic E-state index is 0.0211. The van der Waals surface area contributed by atoms with Crippen LogP contribution in [0.25, 0.3) is 0 Å². The van der Waals surface area contributed by atoms with Crippen molar-refractivity contribution >= 4 is 10.2 Å². The van der Waals surface area contributed by atoms with Crippen LogP contribution in [0.5, 0.6) is 0 Å². The summed E-state index contributed by atoms with van der Waals surface area (Å²) in [6.07, 6.45) is 5.12. The molecule has 5 heteroatoms. The molecule has 0 N–H and O–H groups in total. The van der Waals surface area contributed by atoms with E-state index in [1.165, 1.54) is 11.1 Å². The maximum absolute atomic E-state index is 13.0. The van der Waals surface area contributed by atoms with Gasteiger partial charge in [0.2, 0.25) is 0 Å². The Kier molecular flexibility index (Phi) is 4.57. The molecule has 1 aromatic rings. The lowest BCUT2D eigenvalue weighted by atomic mass is 9.88. The van der Waals surface area contributed by atoms with Crippen molar-refractivity contribution < 1.29 is 8.42 Å². The molecular weight excluding hydrogens is 296 g/mol. The van der Waals surface area contributed by atoms with Gasteiger partial charge in [-0.15, -0.1) is 0 Å². The first-order chi connectivity index (χ1) is 10.5. The molecule has 1 saturated heterocycles. The van der Waals surface area contributed by atoms with E-state index in [0.717, 1.165) is 32.1 Å². The first kappa shape index (κ1) is 16.0. The third kappa shape index (κ3) is 2.94. The lowest BCUT2D eigenvalue weighted by molar-refractivity contribution is 0.245. The summed E-state index contributed by atoms with van der Waals surface area (Å²) in [5.74, 6) is 0.454. The molecule has 0 aromatic heterocycles. The van der Waals surface area contributed by atoms with E-state index in [0.29, 0.717) is 19.0 Å². The number of piperidine rings is 1. The molecule has 0 bridgehead atoms. The zero-order valence-electron chi connectivity index (χ0n) is 13.5. The van der Waals surface area contributed by atoms with Gasteiger partial charge in [-0.1, -0.05) is 31.2 Å². The van der Waals surface area contributed by atoms with Crippen LogP contribution in [-0.2, 0) is 16.6 Å². The van der Waals surface area contributed by atoms with E-state index in [-0.39, 0.29) is 6.04 Å². The zero-order chi connectivity index (χ0) is 15.7. The van der Waals surface area contributed by atoms with Gasteiger partial charge in [-0.05, 0) is 49.1 Å². The Balaban J connectivity index is 1.86. The Morgan fingerprint density at radius 3 is 2.73 bits per heavy atom. The summed E-state index contributed by atoms with van der Waals surface area (Å²) in [5.41, 5.74) is 2.48. The average Bonchev–Trinajstić information content (AvgIpc) is 2.53. The highest BCUT2D eigenvalue weighted by Gasteiger charge is 2.36. The predicted molar refractivity (Wildman–Crippen MR) is 88.8 cm³/mol. The number of benzene rings is 1. The van der Waals surface area contributed by atoms with Gasteiger partial charge in [-0.3, -0.25) is 0 Å². The largest absolute Gasteiger partial charge is 0.282 e. The minimum Gasteiger partial charge on any atom is -0.195 e. The molecule has 1 aliphatic carbocycles. The summed E-state index contributed by atoms with van der Waals surface area (Å²) >= 11 is 0. The van der Waals surface area contributed by atoms with E-state index in [1.54, 1.807) is 15.7 Å². The van der Waals surface area contributed by atoms with E-state index < -0.39 is 10.2 Å². The van der Waals surface area contributed by atoms with Gasteiger partial charge >= 0.3 is 0 Å². The second-order valence-electron chi connectivity index (χ2n) is 6.74. The van der Waals surface area contributed by atoms with Gasteiger partial charge in [-0.2, -0.15) is 17.0 Å². The topological polar surface area (TPSA) is 40.6 Å². The van der Waals surface area contributed by atoms with Gasteiger partial charge in [0, 0.05) is 20.1 Å². The molecule has 0 radical (unpaired) electrons. The van der Waals surface area contributed by atoms with E-state index in [1.807, 2.05) is 12.1 Å². The number of nitrogens with zero attached hydrogens (tertiary/aromatic N) is 2. The summed E-state index contributed by atoms with van der Waals surface area (Å²) in [5, 5.41) is 0. The molecule has 4 nitrogen and oxygen atoms in total. The van der Waals surface area contributed by atoms with Crippen LogP contribution < -0.4 is 0 Å². The van der Waals surface area contributed by atoms with E-state index in [4.69, 9.17) is 0 Å². The SMILES string of the molecule is C[C@@H]1CCCN(S(=O)(=O)N(C)[C@@H]2CCCc3ccccc32)C1. The molecule has 1 heterocycles. The molecule has 0 spiro atoms. The number of hydrogen-bond acceptors (Lipinski definition) is 2. The maximum atomic E-state index is 13.0. The van der Waals surface area contributed by atoms with Crippen LogP contribution in [0.2, 0.25) is 0 Å². The van der Waals surface area contributed by atoms with Crippen molar-refractivity contribution in [3.05, 3.63) is 35.4 Å². The van der Waals surface area contributed by atoms with E-state index >= 15 is 0 Å². The van der Waals surface area contributed by atoms with Crippen molar-refractivity contribution in [2.24, 2.45) is 5.92 Å². The highest BCUT2D eigenvalue weighted by Crippen LogP contribution is 2.36. The van der Waals surface area contributed by atoms with E-state index in [2.05, 4.69) is 19.1 Å². The molecule has 2 atom stereocenters. The van der Waals surface area contributed by atoms with Gasteiger partial charge in [0.1, 0.15) is 0 Å². The molecule has 3 rings (SSSR count). The summed E-state index contributed by atoms with van der Waals surface area (Å²) in [6.45, 7) is 3.45. The van der Waals surface area contributed by atoms with Gasteiger partial charge in [0.25, 0.3) is 10.2 Å². The minimum atomic E-state index is -3.37. The van der Waals surface area contributed by atoms with Crippen molar-refractivity contribution in [2.75, 3.05) is 20.1 Å². The van der Waals surface area contributed by atoms with Crippen LogP contribution in [-0.4, -0.2) is 37.2 Å². The van der Waals surface area contributed by atoms with Crippen LogP contribution in [0.4, 0.5) is 0 Å². The monoisotopic (exact) mass is 322 g/mol. The Labute approximate surface area is 134 Å². The molecule has 1 aromatic carbocycles.